The first kappa shape index (κ1) is 76.7. The van der Waals surface area contributed by atoms with Gasteiger partial charge in [0, 0.05) is 12.8 Å². The van der Waals surface area contributed by atoms with E-state index < -0.39 is 26.5 Å². The van der Waals surface area contributed by atoms with Crippen LogP contribution in [0.3, 0.4) is 0 Å². The third-order valence-corrected chi connectivity index (χ3v) is 15.8. The number of rotatable bonds is 62. The minimum atomic E-state index is -4.40. The molecule has 0 aliphatic heterocycles. The first-order valence-corrected chi connectivity index (χ1v) is 35.0. The van der Waals surface area contributed by atoms with Crippen LogP contribution in [-0.4, -0.2) is 74.9 Å². The van der Waals surface area contributed by atoms with Crippen molar-refractivity contribution in [1.82, 2.24) is 0 Å². The molecule has 0 spiro atoms. The van der Waals surface area contributed by atoms with E-state index in [1.807, 2.05) is 21.1 Å². The molecule has 0 aromatic carbocycles. The highest BCUT2D eigenvalue weighted by atomic mass is 31.2. The SMILES string of the molecule is CC/C=C\C/C=C\C/C=C\C/C=C\C/C=C\CCCCCCCC(=O)OC(COC(=O)CCCCCCCCCCCCCCCCCCCCCCCCCCCCCCCCCCCC)COP(=O)(O)OCC[N+](C)(C)C. The number of nitrogens with zero attached hydrogens (tertiary/aromatic N) is 1. The summed E-state index contributed by atoms with van der Waals surface area (Å²) in [6.45, 7) is 4.34. The Morgan fingerprint density at radius 2 is 0.722 bits per heavy atom. The molecule has 0 rings (SSSR count). The van der Waals surface area contributed by atoms with Gasteiger partial charge in [-0.3, -0.25) is 18.6 Å². The molecule has 0 amide bonds. The summed E-state index contributed by atoms with van der Waals surface area (Å²) in [4.78, 5) is 35.8. The number of likely N-dealkylation sites (N-methyl/N-ethyl adjacent to an activating group) is 1. The topological polar surface area (TPSA) is 108 Å². The van der Waals surface area contributed by atoms with Crippen molar-refractivity contribution in [3.05, 3.63) is 60.8 Å². The van der Waals surface area contributed by atoms with Gasteiger partial charge in [-0.15, -0.1) is 0 Å². The Morgan fingerprint density at radius 1 is 0.405 bits per heavy atom. The number of unbranched alkanes of at least 4 members (excludes halogenated alkanes) is 38. The molecule has 0 fully saturated rings. The second-order valence-electron chi connectivity index (χ2n) is 23.8. The monoisotopic (exact) mass is 1130 g/mol. The van der Waals surface area contributed by atoms with Crippen LogP contribution < -0.4 is 0 Å². The van der Waals surface area contributed by atoms with Gasteiger partial charge in [0.25, 0.3) is 0 Å². The predicted molar refractivity (Wildman–Crippen MR) is 340 cm³/mol. The molecule has 2 unspecified atom stereocenters. The zero-order valence-corrected chi connectivity index (χ0v) is 53.5. The van der Waals surface area contributed by atoms with Crippen molar-refractivity contribution in [1.29, 1.82) is 0 Å². The molecule has 0 aromatic heterocycles. The standard InChI is InChI=1S/C69H128NO8P/c1-6-8-10-12-14-16-18-20-22-24-26-28-29-30-31-32-33-34-35-36-37-38-39-40-42-43-45-47-49-51-53-55-57-59-61-68(71)75-65-67(66-77-79(73,74)76-64-63-70(3,4)5)78-69(72)62-60-58-56-54-52-50-48-46-44-41-27-25-23-21-19-17-15-13-11-9-7-2/h9,11,15,17,21,23,27,41,46,48,67H,6-8,10,12-14,16,18-20,22,24-26,28-40,42-45,47,49-66H2,1-5H3/p+1/b11-9-,17-15-,23-21-,41-27-,48-46-. The Kier molecular flexibility index (Phi) is 58.6. The minimum absolute atomic E-state index is 0.0266. The molecule has 0 bridgehead atoms. The van der Waals surface area contributed by atoms with Gasteiger partial charge in [-0.25, -0.2) is 4.57 Å². The minimum Gasteiger partial charge on any atom is -0.462 e. The lowest BCUT2D eigenvalue weighted by molar-refractivity contribution is -0.870. The molecule has 1 N–H and O–H groups in total. The zero-order chi connectivity index (χ0) is 57.7. The number of phosphoric ester groups is 1. The van der Waals surface area contributed by atoms with Crippen LogP contribution in [-0.2, 0) is 32.7 Å². The summed E-state index contributed by atoms with van der Waals surface area (Å²) in [6.07, 6.45) is 79.1. The first-order valence-electron chi connectivity index (χ1n) is 33.5. The molecular weight excluding hydrogens is 1000 g/mol. The average molecular weight is 1130 g/mol. The van der Waals surface area contributed by atoms with E-state index in [9.17, 15) is 19.0 Å². The van der Waals surface area contributed by atoms with Crippen molar-refractivity contribution in [2.24, 2.45) is 0 Å². The summed E-state index contributed by atoms with van der Waals surface area (Å²) < 4.78 is 34.6. The van der Waals surface area contributed by atoms with Gasteiger partial charge >= 0.3 is 19.8 Å². The largest absolute Gasteiger partial charge is 0.472 e. The van der Waals surface area contributed by atoms with E-state index >= 15 is 0 Å². The Balaban J connectivity index is 4.00. The summed E-state index contributed by atoms with van der Waals surface area (Å²) in [5.41, 5.74) is 0. The number of quaternary nitrogens is 1. The van der Waals surface area contributed by atoms with Crippen molar-refractivity contribution in [3.63, 3.8) is 0 Å². The van der Waals surface area contributed by atoms with Gasteiger partial charge in [-0.2, -0.15) is 0 Å². The van der Waals surface area contributed by atoms with Crippen molar-refractivity contribution in [3.8, 4) is 0 Å². The number of carbonyl (C=O) groups excluding carboxylic acids is 2. The van der Waals surface area contributed by atoms with Gasteiger partial charge in [0.05, 0.1) is 27.7 Å². The average Bonchev–Trinajstić information content (AvgIpc) is 3.41. The van der Waals surface area contributed by atoms with E-state index in [4.69, 9.17) is 18.5 Å². The number of carbonyl (C=O) groups is 2. The van der Waals surface area contributed by atoms with E-state index in [0.717, 1.165) is 83.5 Å². The van der Waals surface area contributed by atoms with E-state index in [1.165, 1.54) is 199 Å². The highest BCUT2D eigenvalue weighted by molar-refractivity contribution is 7.47. The molecule has 79 heavy (non-hydrogen) atoms. The highest BCUT2D eigenvalue weighted by Crippen LogP contribution is 2.43. The number of esters is 2. The maximum Gasteiger partial charge on any atom is 0.472 e. The van der Waals surface area contributed by atoms with E-state index in [0.29, 0.717) is 17.4 Å². The lowest BCUT2D eigenvalue weighted by Gasteiger charge is -2.24. The van der Waals surface area contributed by atoms with E-state index in [2.05, 4.69) is 74.6 Å². The fourth-order valence-electron chi connectivity index (χ4n) is 9.69. The molecule has 0 aliphatic carbocycles. The fourth-order valence-corrected chi connectivity index (χ4v) is 10.4. The zero-order valence-electron chi connectivity index (χ0n) is 52.6. The lowest BCUT2D eigenvalue weighted by atomic mass is 10.0. The first-order chi connectivity index (χ1) is 38.5. The van der Waals surface area contributed by atoms with Crippen LogP contribution in [0.2, 0.25) is 0 Å². The molecule has 0 saturated heterocycles. The number of phosphoric acid groups is 1. The Bertz CT molecular complexity index is 1520. The smallest absolute Gasteiger partial charge is 0.462 e. The van der Waals surface area contributed by atoms with Crippen LogP contribution in [0, 0.1) is 0 Å². The van der Waals surface area contributed by atoms with Gasteiger partial charge in [0.2, 0.25) is 0 Å². The second kappa shape index (κ2) is 60.3. The summed E-state index contributed by atoms with van der Waals surface area (Å²) in [7, 11) is 1.47. The van der Waals surface area contributed by atoms with Crippen LogP contribution in [0.4, 0.5) is 0 Å². The van der Waals surface area contributed by atoms with Crippen LogP contribution in [0.15, 0.2) is 60.8 Å². The Labute approximate surface area is 489 Å². The molecule has 0 heterocycles. The molecule has 9 nitrogen and oxygen atoms in total. The maximum absolute atomic E-state index is 12.8. The van der Waals surface area contributed by atoms with Crippen molar-refractivity contribution >= 4 is 19.8 Å². The highest BCUT2D eigenvalue weighted by Gasteiger charge is 2.27. The van der Waals surface area contributed by atoms with Crippen LogP contribution in [0.1, 0.15) is 316 Å². The van der Waals surface area contributed by atoms with Crippen molar-refractivity contribution in [2.75, 3.05) is 47.5 Å². The Hall–Kier alpha value is -2.29. The van der Waals surface area contributed by atoms with E-state index in [-0.39, 0.29) is 32.0 Å². The van der Waals surface area contributed by atoms with Gasteiger partial charge in [0.15, 0.2) is 6.10 Å². The normalized spacial score (nSPS) is 13.5. The molecule has 0 aliphatic rings. The summed E-state index contributed by atoms with van der Waals surface area (Å²) in [6, 6.07) is 0. The quantitative estimate of drug-likeness (QED) is 0.0211. The molecule has 0 saturated carbocycles. The number of allylic oxidation sites excluding steroid dienone is 10. The summed E-state index contributed by atoms with van der Waals surface area (Å²) in [5.74, 6) is -0.809. The van der Waals surface area contributed by atoms with Crippen LogP contribution in [0.5, 0.6) is 0 Å². The molecule has 0 radical (unpaired) electrons. The van der Waals surface area contributed by atoms with E-state index in [1.54, 1.807) is 0 Å². The molecular formula is C69H129NO8P+. The number of hydrogen-bond donors (Lipinski definition) is 1. The van der Waals surface area contributed by atoms with Gasteiger partial charge in [-0.05, 0) is 57.8 Å². The predicted octanol–water partition coefficient (Wildman–Crippen LogP) is 21.4. The molecule has 462 valence electrons. The third kappa shape index (κ3) is 64.7. The third-order valence-electron chi connectivity index (χ3n) is 14.8. The summed E-state index contributed by atoms with van der Waals surface area (Å²) >= 11 is 0. The maximum atomic E-state index is 12.8. The van der Waals surface area contributed by atoms with Crippen LogP contribution >= 0.6 is 7.82 Å². The summed E-state index contributed by atoms with van der Waals surface area (Å²) in [5, 5.41) is 0. The molecule has 2 atom stereocenters. The van der Waals surface area contributed by atoms with Gasteiger partial charge in [-0.1, -0.05) is 306 Å². The molecule has 10 heteroatoms. The van der Waals surface area contributed by atoms with Crippen molar-refractivity contribution in [2.45, 2.75) is 322 Å². The number of ether oxygens (including phenoxy) is 2. The van der Waals surface area contributed by atoms with Crippen LogP contribution in [0.25, 0.3) is 0 Å². The fraction of sp³-hybridized carbons (Fsp3) is 0.826. The Morgan fingerprint density at radius 3 is 1.08 bits per heavy atom. The van der Waals surface area contributed by atoms with Gasteiger partial charge in [0.1, 0.15) is 19.8 Å². The number of hydrogen-bond acceptors (Lipinski definition) is 7. The van der Waals surface area contributed by atoms with Crippen molar-refractivity contribution < 1.29 is 42.1 Å². The molecule has 0 aromatic rings. The second-order valence-corrected chi connectivity index (χ2v) is 25.3. The van der Waals surface area contributed by atoms with Gasteiger partial charge < -0.3 is 18.9 Å². The lowest BCUT2D eigenvalue weighted by Crippen LogP contribution is -2.37.